The van der Waals surface area contributed by atoms with Crippen LogP contribution in [0.4, 0.5) is 5.13 Å². The molecule has 1 amide bonds. The van der Waals surface area contributed by atoms with Gasteiger partial charge in [0.2, 0.25) is 5.91 Å². The van der Waals surface area contributed by atoms with Crippen LogP contribution in [0.5, 0.6) is 0 Å². The lowest BCUT2D eigenvalue weighted by Gasteiger charge is -2.19. The van der Waals surface area contributed by atoms with Gasteiger partial charge in [-0.3, -0.25) is 4.79 Å². The molecule has 2 heterocycles. The Bertz CT molecular complexity index is 1210. The van der Waals surface area contributed by atoms with Crippen molar-refractivity contribution in [1.82, 2.24) is 20.1 Å². The number of likely N-dealkylation sites (N-methyl/N-ethyl adjacent to an activating group) is 1. The highest BCUT2D eigenvalue weighted by Gasteiger charge is 2.19. The van der Waals surface area contributed by atoms with Crippen LogP contribution in [0, 0.1) is 20.8 Å². The summed E-state index contributed by atoms with van der Waals surface area (Å²) in [4.78, 5) is 19.3. The number of hydrogen-bond donors (Lipinski definition) is 1. The number of aryl methyl sites for hydroxylation is 3. The van der Waals surface area contributed by atoms with E-state index in [9.17, 15) is 4.79 Å². The minimum absolute atomic E-state index is 0.0354. The van der Waals surface area contributed by atoms with E-state index in [1.165, 1.54) is 11.1 Å². The monoisotopic (exact) mass is 433 g/mol. The van der Waals surface area contributed by atoms with Crippen molar-refractivity contribution in [3.63, 3.8) is 0 Å². The molecular weight excluding hydrogens is 406 g/mol. The van der Waals surface area contributed by atoms with E-state index in [1.54, 1.807) is 11.3 Å². The molecule has 0 radical (unpaired) electrons. The first-order chi connectivity index (χ1) is 14.8. The smallest absolute Gasteiger partial charge is 0.240 e. The molecule has 4 aromatic rings. The second kappa shape index (κ2) is 8.51. The molecule has 0 aliphatic rings. The van der Waals surface area contributed by atoms with Gasteiger partial charge in [0.15, 0.2) is 10.8 Å². The van der Waals surface area contributed by atoms with E-state index in [0.29, 0.717) is 0 Å². The number of carbonyl (C=O) groups excluding carboxylic acids is 1. The predicted molar refractivity (Wildman–Crippen MR) is 127 cm³/mol. The van der Waals surface area contributed by atoms with Gasteiger partial charge >= 0.3 is 0 Å². The predicted octanol–water partition coefficient (Wildman–Crippen LogP) is 4.72. The van der Waals surface area contributed by atoms with E-state index in [0.717, 1.165) is 32.4 Å². The van der Waals surface area contributed by atoms with Crippen LogP contribution in [-0.2, 0) is 4.79 Å². The first-order valence-electron chi connectivity index (χ1n) is 10.3. The molecule has 0 saturated heterocycles. The zero-order valence-corrected chi connectivity index (χ0v) is 19.3. The first kappa shape index (κ1) is 21.1. The van der Waals surface area contributed by atoms with Crippen molar-refractivity contribution in [2.24, 2.45) is 0 Å². The van der Waals surface area contributed by atoms with E-state index in [1.807, 2.05) is 42.6 Å². The molecule has 0 unspecified atom stereocenters. The number of thiazole rings is 1. The Labute approximate surface area is 186 Å². The lowest BCUT2D eigenvalue weighted by Crippen LogP contribution is -2.36. The molecule has 0 saturated carbocycles. The van der Waals surface area contributed by atoms with Crippen LogP contribution < -0.4 is 10.2 Å². The van der Waals surface area contributed by atoms with Crippen LogP contribution in [0.15, 0.2) is 48.5 Å². The Balaban J connectivity index is 1.49. The van der Waals surface area contributed by atoms with E-state index < -0.39 is 0 Å². The summed E-state index contributed by atoms with van der Waals surface area (Å²) < 4.78 is 2.91. The number of fused-ring (bicyclic) bond motifs is 1. The molecule has 4 rings (SSSR count). The van der Waals surface area contributed by atoms with E-state index in [2.05, 4.69) is 60.7 Å². The van der Waals surface area contributed by atoms with Crippen LogP contribution >= 0.6 is 11.3 Å². The number of hydrogen-bond acceptors (Lipinski definition) is 5. The Hall–Kier alpha value is -3.19. The van der Waals surface area contributed by atoms with Crippen LogP contribution in [-0.4, -0.2) is 34.3 Å². The number of rotatable bonds is 6. The number of nitrogens with zero attached hydrogens (tertiary/aromatic N) is 4. The highest BCUT2D eigenvalue weighted by Crippen LogP contribution is 2.32. The molecule has 1 N–H and O–H groups in total. The maximum Gasteiger partial charge on any atom is 0.240 e. The second-order valence-electron chi connectivity index (χ2n) is 8.04. The summed E-state index contributed by atoms with van der Waals surface area (Å²) in [7, 11) is 1.90. The minimum atomic E-state index is -0.0470. The third-order valence-electron chi connectivity index (χ3n) is 5.32. The van der Waals surface area contributed by atoms with Gasteiger partial charge in [-0.25, -0.2) is 4.68 Å². The third-order valence-corrected chi connectivity index (χ3v) is 6.59. The number of nitrogens with one attached hydrogen (secondary N) is 1. The van der Waals surface area contributed by atoms with Crippen molar-refractivity contribution in [1.29, 1.82) is 0 Å². The summed E-state index contributed by atoms with van der Waals surface area (Å²) in [5.41, 5.74) is 6.24. The van der Waals surface area contributed by atoms with Crippen LogP contribution in [0.2, 0.25) is 0 Å². The van der Waals surface area contributed by atoms with Gasteiger partial charge in [-0.05, 0) is 45.4 Å². The SMILES string of the molecule is Cc1ccc([C@@H](C)NC(=O)CN(C)c2nc3c(s2)c(C)nn3-c2ccc(C)cc2)cc1. The van der Waals surface area contributed by atoms with E-state index in [4.69, 9.17) is 4.98 Å². The van der Waals surface area contributed by atoms with Gasteiger partial charge in [0.1, 0.15) is 0 Å². The summed E-state index contributed by atoms with van der Waals surface area (Å²) >= 11 is 1.56. The standard InChI is InChI=1S/C24H27N5OS/c1-15-6-10-19(11-7-15)17(3)25-21(30)14-28(5)24-26-23-22(31-24)18(4)27-29(23)20-12-8-16(2)9-13-20/h6-13,17H,14H2,1-5H3,(H,25,30)/t17-/m1/s1. The largest absolute Gasteiger partial charge is 0.348 e. The molecule has 160 valence electrons. The Morgan fingerprint density at radius 2 is 1.68 bits per heavy atom. The van der Waals surface area contributed by atoms with Gasteiger partial charge < -0.3 is 10.2 Å². The number of benzene rings is 2. The molecule has 2 aromatic carbocycles. The minimum Gasteiger partial charge on any atom is -0.348 e. The van der Waals surface area contributed by atoms with Crippen molar-refractivity contribution in [3.8, 4) is 5.69 Å². The number of aromatic nitrogens is 3. The zero-order valence-electron chi connectivity index (χ0n) is 18.5. The number of carbonyl (C=O) groups is 1. The summed E-state index contributed by atoms with van der Waals surface area (Å²) in [5, 5.41) is 8.53. The van der Waals surface area contributed by atoms with Gasteiger partial charge in [0, 0.05) is 7.05 Å². The van der Waals surface area contributed by atoms with Gasteiger partial charge in [-0.2, -0.15) is 10.1 Å². The topological polar surface area (TPSA) is 63.1 Å². The molecular formula is C24H27N5OS. The maximum atomic E-state index is 12.6. The summed E-state index contributed by atoms with van der Waals surface area (Å²) in [5.74, 6) is -0.0354. The van der Waals surface area contributed by atoms with Gasteiger partial charge in [-0.1, -0.05) is 58.9 Å². The van der Waals surface area contributed by atoms with Crippen molar-refractivity contribution in [2.75, 3.05) is 18.5 Å². The van der Waals surface area contributed by atoms with Crippen molar-refractivity contribution < 1.29 is 4.79 Å². The average Bonchev–Trinajstić information content (AvgIpc) is 3.30. The van der Waals surface area contributed by atoms with Crippen LogP contribution in [0.1, 0.15) is 35.3 Å². The lowest BCUT2D eigenvalue weighted by atomic mass is 10.1. The highest BCUT2D eigenvalue weighted by molar-refractivity contribution is 7.22. The fraction of sp³-hybridized carbons (Fsp3) is 0.292. The molecule has 31 heavy (non-hydrogen) atoms. The van der Waals surface area contributed by atoms with Crippen LogP contribution in [0.3, 0.4) is 0 Å². The molecule has 1 atom stereocenters. The summed E-state index contributed by atoms with van der Waals surface area (Å²) in [6.45, 7) is 8.35. The number of amides is 1. The fourth-order valence-corrected chi connectivity index (χ4v) is 4.41. The van der Waals surface area contributed by atoms with Crippen molar-refractivity contribution in [2.45, 2.75) is 33.7 Å². The Kier molecular flexibility index (Phi) is 5.78. The third kappa shape index (κ3) is 4.46. The molecule has 0 aliphatic carbocycles. The molecule has 7 heteroatoms. The van der Waals surface area contributed by atoms with Crippen molar-refractivity contribution >= 4 is 32.7 Å². The average molecular weight is 434 g/mol. The Morgan fingerprint density at radius 1 is 1.06 bits per heavy atom. The van der Waals surface area contributed by atoms with Gasteiger partial charge in [-0.15, -0.1) is 0 Å². The van der Waals surface area contributed by atoms with Crippen molar-refractivity contribution in [3.05, 3.63) is 70.9 Å². The first-order valence-corrected chi connectivity index (χ1v) is 11.1. The molecule has 0 fully saturated rings. The molecule has 0 bridgehead atoms. The quantitative estimate of drug-likeness (QED) is 0.478. The summed E-state index contributed by atoms with van der Waals surface area (Å²) in [6.07, 6.45) is 0. The van der Waals surface area contributed by atoms with Gasteiger partial charge in [0.05, 0.1) is 28.7 Å². The highest BCUT2D eigenvalue weighted by atomic mass is 32.1. The Morgan fingerprint density at radius 3 is 2.32 bits per heavy atom. The fourth-order valence-electron chi connectivity index (χ4n) is 3.46. The van der Waals surface area contributed by atoms with Crippen LogP contribution in [0.25, 0.3) is 16.0 Å². The van der Waals surface area contributed by atoms with E-state index >= 15 is 0 Å². The molecule has 2 aromatic heterocycles. The van der Waals surface area contributed by atoms with E-state index in [-0.39, 0.29) is 18.5 Å². The second-order valence-corrected chi connectivity index (χ2v) is 9.02. The summed E-state index contributed by atoms with van der Waals surface area (Å²) in [6, 6.07) is 16.4. The normalized spacial score (nSPS) is 12.2. The lowest BCUT2D eigenvalue weighted by molar-refractivity contribution is -0.120. The zero-order chi connectivity index (χ0) is 22.1. The maximum absolute atomic E-state index is 12.6. The molecule has 6 nitrogen and oxygen atoms in total. The van der Waals surface area contributed by atoms with Gasteiger partial charge in [0.25, 0.3) is 0 Å². The number of anilines is 1. The molecule has 0 aliphatic heterocycles. The molecule has 0 spiro atoms.